The highest BCUT2D eigenvalue weighted by atomic mass is 19.1. The molecule has 0 bridgehead atoms. The number of rotatable bonds is 6. The summed E-state index contributed by atoms with van der Waals surface area (Å²) in [6, 6.07) is 17.5. The smallest absolute Gasteiger partial charge is 0.259 e. The van der Waals surface area contributed by atoms with Crippen LogP contribution in [0.2, 0.25) is 0 Å². The lowest BCUT2D eigenvalue weighted by Crippen LogP contribution is -2.01. The van der Waals surface area contributed by atoms with Gasteiger partial charge in [-0.05, 0) is 54.1 Å². The fourth-order valence-corrected chi connectivity index (χ4v) is 2.62. The molecule has 2 aromatic heterocycles. The Kier molecular flexibility index (Phi) is 4.97. The van der Waals surface area contributed by atoms with E-state index in [1.165, 1.54) is 12.1 Å². The van der Waals surface area contributed by atoms with Crippen LogP contribution in [-0.2, 0) is 6.54 Å². The molecule has 1 N–H and O–H groups in total. The summed E-state index contributed by atoms with van der Waals surface area (Å²) in [4.78, 5) is 8.73. The fraction of sp³-hybridized carbons (Fsp3) is 0.0952. The van der Waals surface area contributed by atoms with Gasteiger partial charge in [0.15, 0.2) is 0 Å². The highest BCUT2D eigenvalue weighted by molar-refractivity contribution is 5.60. The zero-order chi connectivity index (χ0) is 19.3. The maximum Gasteiger partial charge on any atom is 0.259 e. The van der Waals surface area contributed by atoms with Crippen molar-refractivity contribution in [3.63, 3.8) is 0 Å². The molecular weight excluding hydrogens is 359 g/mol. The Balaban J connectivity index is 1.42. The predicted molar refractivity (Wildman–Crippen MR) is 103 cm³/mol. The van der Waals surface area contributed by atoms with Crippen molar-refractivity contribution in [2.45, 2.75) is 6.54 Å². The lowest BCUT2D eigenvalue weighted by atomic mass is 10.2. The highest BCUT2D eigenvalue weighted by Gasteiger charge is 2.11. The van der Waals surface area contributed by atoms with E-state index in [1.807, 2.05) is 36.4 Å². The molecule has 0 saturated heterocycles. The summed E-state index contributed by atoms with van der Waals surface area (Å²) >= 11 is 0. The first kappa shape index (κ1) is 17.7. The van der Waals surface area contributed by atoms with Crippen LogP contribution in [-0.4, -0.2) is 22.2 Å². The Morgan fingerprint density at radius 2 is 1.71 bits per heavy atom. The topological polar surface area (TPSA) is 73.1 Å². The van der Waals surface area contributed by atoms with Crippen molar-refractivity contribution in [1.82, 2.24) is 15.1 Å². The Morgan fingerprint density at radius 1 is 0.964 bits per heavy atom. The van der Waals surface area contributed by atoms with E-state index in [0.717, 1.165) is 17.1 Å². The van der Waals surface area contributed by atoms with Crippen LogP contribution in [0.15, 0.2) is 71.4 Å². The molecule has 4 rings (SSSR count). The minimum Gasteiger partial charge on any atom is -0.497 e. The summed E-state index contributed by atoms with van der Waals surface area (Å²) < 4.78 is 23.5. The van der Waals surface area contributed by atoms with E-state index in [0.29, 0.717) is 29.4 Å². The third-order valence-corrected chi connectivity index (χ3v) is 4.17. The molecular formula is C21H17FN4O2. The molecule has 0 aliphatic carbocycles. The van der Waals surface area contributed by atoms with E-state index in [-0.39, 0.29) is 5.82 Å². The van der Waals surface area contributed by atoms with Crippen molar-refractivity contribution in [3.8, 4) is 28.6 Å². The molecule has 4 aromatic rings. The molecule has 0 radical (unpaired) electrons. The van der Waals surface area contributed by atoms with Crippen molar-refractivity contribution in [1.29, 1.82) is 0 Å². The number of pyridine rings is 1. The van der Waals surface area contributed by atoms with Crippen LogP contribution < -0.4 is 10.1 Å². The van der Waals surface area contributed by atoms with E-state index >= 15 is 0 Å². The number of benzene rings is 2. The minimum atomic E-state index is -0.311. The third kappa shape index (κ3) is 3.98. The van der Waals surface area contributed by atoms with Crippen LogP contribution in [0.3, 0.4) is 0 Å². The normalized spacial score (nSPS) is 10.6. The van der Waals surface area contributed by atoms with Gasteiger partial charge in [0.1, 0.15) is 17.4 Å². The number of hydrogen-bond donors (Lipinski definition) is 1. The van der Waals surface area contributed by atoms with E-state index in [9.17, 15) is 4.39 Å². The summed E-state index contributed by atoms with van der Waals surface area (Å²) in [7, 11) is 1.64. The van der Waals surface area contributed by atoms with Crippen LogP contribution >= 0.6 is 0 Å². The lowest BCUT2D eigenvalue weighted by molar-refractivity contribution is 0.414. The SMILES string of the molecule is COc1ccc(CNc2ccc(-c3nc(-c4ccc(F)cc4)no3)cn2)cc1. The predicted octanol–water partition coefficient (Wildman–Crippen LogP) is 4.56. The van der Waals surface area contributed by atoms with E-state index in [4.69, 9.17) is 9.26 Å². The number of nitrogens with zero attached hydrogens (tertiary/aromatic N) is 3. The van der Waals surface area contributed by atoms with Gasteiger partial charge >= 0.3 is 0 Å². The van der Waals surface area contributed by atoms with E-state index in [1.54, 1.807) is 25.4 Å². The molecule has 2 aromatic carbocycles. The number of hydrogen-bond acceptors (Lipinski definition) is 6. The number of nitrogens with one attached hydrogen (secondary N) is 1. The third-order valence-electron chi connectivity index (χ3n) is 4.17. The molecule has 0 unspecified atom stereocenters. The maximum atomic E-state index is 13.0. The van der Waals surface area contributed by atoms with Crippen molar-refractivity contribution >= 4 is 5.82 Å². The van der Waals surface area contributed by atoms with Crippen LogP contribution in [0, 0.1) is 5.82 Å². The molecule has 6 nitrogen and oxygen atoms in total. The van der Waals surface area contributed by atoms with Crippen molar-refractivity contribution < 1.29 is 13.7 Å². The zero-order valence-electron chi connectivity index (χ0n) is 15.1. The molecule has 0 fully saturated rings. The Hall–Kier alpha value is -3.74. The molecule has 0 saturated carbocycles. The second-order valence-electron chi connectivity index (χ2n) is 6.06. The molecule has 7 heteroatoms. The first-order valence-electron chi connectivity index (χ1n) is 8.64. The second-order valence-corrected chi connectivity index (χ2v) is 6.06. The molecule has 0 amide bonds. The maximum absolute atomic E-state index is 13.0. The van der Waals surface area contributed by atoms with Crippen molar-refractivity contribution in [2.75, 3.05) is 12.4 Å². The van der Waals surface area contributed by atoms with Gasteiger partial charge in [0.2, 0.25) is 5.82 Å². The average Bonchev–Trinajstić information content (AvgIpc) is 3.24. The van der Waals surface area contributed by atoms with E-state index < -0.39 is 0 Å². The van der Waals surface area contributed by atoms with E-state index in [2.05, 4.69) is 20.4 Å². The fourth-order valence-electron chi connectivity index (χ4n) is 2.62. The molecule has 0 aliphatic rings. The zero-order valence-corrected chi connectivity index (χ0v) is 15.1. The number of ether oxygens (including phenoxy) is 1. The first-order valence-corrected chi connectivity index (χ1v) is 8.64. The number of halogens is 1. The standard InChI is InChI=1S/C21H17FN4O2/c1-27-18-9-2-14(3-10-18)12-23-19-11-6-16(13-24-19)21-25-20(26-28-21)15-4-7-17(22)8-5-15/h2-11,13H,12H2,1H3,(H,23,24). The van der Waals surface area contributed by atoms with Gasteiger partial charge in [-0.25, -0.2) is 9.37 Å². The van der Waals surface area contributed by atoms with Gasteiger partial charge in [0.05, 0.1) is 12.7 Å². The van der Waals surface area contributed by atoms with Gasteiger partial charge < -0.3 is 14.6 Å². The van der Waals surface area contributed by atoms with Gasteiger partial charge in [-0.15, -0.1) is 0 Å². The van der Waals surface area contributed by atoms with Gasteiger partial charge in [-0.1, -0.05) is 17.3 Å². The quantitative estimate of drug-likeness (QED) is 0.532. The minimum absolute atomic E-state index is 0.311. The largest absolute Gasteiger partial charge is 0.497 e. The van der Waals surface area contributed by atoms with Crippen LogP contribution in [0.4, 0.5) is 10.2 Å². The molecule has 0 aliphatic heterocycles. The summed E-state index contributed by atoms with van der Waals surface area (Å²) in [5.74, 6) is 2.00. The number of methoxy groups -OCH3 is 1. The summed E-state index contributed by atoms with van der Waals surface area (Å²) in [6.07, 6.45) is 1.66. The van der Waals surface area contributed by atoms with Crippen molar-refractivity contribution in [3.05, 3.63) is 78.2 Å². The molecule has 140 valence electrons. The van der Waals surface area contributed by atoms with Gasteiger partial charge in [-0.3, -0.25) is 0 Å². The van der Waals surface area contributed by atoms with Crippen LogP contribution in [0.25, 0.3) is 22.8 Å². The monoisotopic (exact) mass is 376 g/mol. The average molecular weight is 376 g/mol. The molecule has 0 atom stereocenters. The first-order chi connectivity index (χ1) is 13.7. The summed E-state index contributed by atoms with van der Waals surface area (Å²) in [5.41, 5.74) is 2.51. The van der Waals surface area contributed by atoms with Crippen LogP contribution in [0.1, 0.15) is 5.56 Å². The van der Waals surface area contributed by atoms with Gasteiger partial charge in [-0.2, -0.15) is 4.98 Å². The summed E-state index contributed by atoms with van der Waals surface area (Å²) in [5, 5.41) is 7.20. The highest BCUT2D eigenvalue weighted by Crippen LogP contribution is 2.23. The van der Waals surface area contributed by atoms with Gasteiger partial charge in [0.25, 0.3) is 5.89 Å². The summed E-state index contributed by atoms with van der Waals surface area (Å²) in [6.45, 7) is 0.644. The molecule has 28 heavy (non-hydrogen) atoms. The van der Waals surface area contributed by atoms with Crippen molar-refractivity contribution in [2.24, 2.45) is 0 Å². The Morgan fingerprint density at radius 3 is 2.39 bits per heavy atom. The Labute approximate surface area is 161 Å². The number of aromatic nitrogens is 3. The molecule has 0 spiro atoms. The number of anilines is 1. The second kappa shape index (κ2) is 7.87. The Bertz CT molecular complexity index is 1050. The van der Waals surface area contributed by atoms with Crippen LogP contribution in [0.5, 0.6) is 5.75 Å². The van der Waals surface area contributed by atoms with Gasteiger partial charge in [0, 0.05) is 18.3 Å². The molecule has 2 heterocycles. The lowest BCUT2D eigenvalue weighted by Gasteiger charge is -2.06.